The molecule has 0 saturated heterocycles. The number of fused-ring (bicyclic) bond motifs is 2. The van der Waals surface area contributed by atoms with Gasteiger partial charge in [0, 0.05) is 18.0 Å². The van der Waals surface area contributed by atoms with Gasteiger partial charge in [0.15, 0.2) is 0 Å². The van der Waals surface area contributed by atoms with Crippen molar-refractivity contribution in [2.45, 2.75) is 58.5 Å². The number of rotatable bonds is 3. The number of halogens is 3. The molecule has 2 heterocycles. The van der Waals surface area contributed by atoms with Gasteiger partial charge in [-0.05, 0) is 46.8 Å². The Labute approximate surface area is 218 Å². The Kier molecular flexibility index (Phi) is 6.83. The molecule has 2 amide bonds. The summed E-state index contributed by atoms with van der Waals surface area (Å²) in [6, 6.07) is 8.96. The highest BCUT2D eigenvalue weighted by molar-refractivity contribution is 5.98. The minimum Gasteiger partial charge on any atom is -0.491 e. The first-order valence-electron chi connectivity index (χ1n) is 12.2. The van der Waals surface area contributed by atoms with Crippen LogP contribution in [-0.4, -0.2) is 45.4 Å². The molecule has 3 aromatic rings. The fourth-order valence-corrected chi connectivity index (χ4v) is 4.52. The van der Waals surface area contributed by atoms with Crippen LogP contribution in [0.1, 0.15) is 61.8 Å². The molecular weight excluding hydrogens is 501 g/mol. The van der Waals surface area contributed by atoms with E-state index in [0.717, 1.165) is 6.07 Å². The Hall–Kier alpha value is -3.76. The molecule has 1 aliphatic heterocycles. The first kappa shape index (κ1) is 27.3. The maximum atomic E-state index is 13.6. The molecule has 0 aliphatic carbocycles. The van der Waals surface area contributed by atoms with Gasteiger partial charge in [0.1, 0.15) is 18.0 Å². The van der Waals surface area contributed by atoms with Gasteiger partial charge in [0.2, 0.25) is 0 Å². The summed E-state index contributed by atoms with van der Waals surface area (Å²) in [5, 5.41) is 7.56. The van der Waals surface area contributed by atoms with Gasteiger partial charge < -0.3 is 19.7 Å². The molecule has 204 valence electrons. The summed E-state index contributed by atoms with van der Waals surface area (Å²) in [4.78, 5) is 27.6. The molecule has 1 aliphatic rings. The number of aryl methyl sites for hydroxylation is 1. The molecule has 1 aromatic heterocycles. The summed E-state index contributed by atoms with van der Waals surface area (Å²) < 4.78 is 53.5. The Morgan fingerprint density at radius 1 is 1.05 bits per heavy atom. The number of amides is 2. The third kappa shape index (κ3) is 5.41. The summed E-state index contributed by atoms with van der Waals surface area (Å²) in [6.07, 6.45) is -5.03. The van der Waals surface area contributed by atoms with Crippen LogP contribution in [0.4, 0.5) is 18.0 Å². The predicted octanol–water partition coefficient (Wildman–Crippen LogP) is 5.39. The van der Waals surface area contributed by atoms with Crippen LogP contribution in [0.25, 0.3) is 10.9 Å². The lowest BCUT2D eigenvalue weighted by molar-refractivity contribution is -0.136. The molecule has 11 heteroatoms. The maximum absolute atomic E-state index is 13.6. The van der Waals surface area contributed by atoms with E-state index in [1.807, 2.05) is 0 Å². The standard InChI is InChI=1S/C27H31F3N4O4/c1-25(2,3)38-24(36)34-13-14-37-21-16(15-34)9-7-11-18(21)23(35)31-26(4,5)22-17-10-8-12-19(27(28,29)30)20(17)33(6)32-22/h7-12H,13-15H2,1-6H3,(H,31,35). The van der Waals surface area contributed by atoms with Crippen molar-refractivity contribution in [2.75, 3.05) is 13.2 Å². The smallest absolute Gasteiger partial charge is 0.418 e. The molecule has 4 rings (SSSR count). The molecule has 0 radical (unpaired) electrons. The monoisotopic (exact) mass is 532 g/mol. The van der Waals surface area contributed by atoms with Gasteiger partial charge in [0.05, 0.1) is 41.0 Å². The summed E-state index contributed by atoms with van der Waals surface area (Å²) in [6.45, 7) is 9.34. The molecule has 0 saturated carbocycles. The number of nitrogens with one attached hydrogen (secondary N) is 1. The van der Waals surface area contributed by atoms with Gasteiger partial charge in [-0.2, -0.15) is 18.3 Å². The Morgan fingerprint density at radius 2 is 1.74 bits per heavy atom. The van der Waals surface area contributed by atoms with Crippen LogP contribution in [0.15, 0.2) is 36.4 Å². The number of carbonyl (C=O) groups is 2. The number of aromatic nitrogens is 2. The minimum absolute atomic E-state index is 0.0588. The number of ether oxygens (including phenoxy) is 2. The van der Waals surface area contributed by atoms with Crippen molar-refractivity contribution >= 4 is 22.9 Å². The van der Waals surface area contributed by atoms with Crippen molar-refractivity contribution in [1.82, 2.24) is 20.0 Å². The second-order valence-corrected chi connectivity index (χ2v) is 10.8. The number of alkyl halides is 3. The van der Waals surface area contributed by atoms with Gasteiger partial charge >= 0.3 is 12.3 Å². The highest BCUT2D eigenvalue weighted by Crippen LogP contribution is 2.38. The molecule has 8 nitrogen and oxygen atoms in total. The summed E-state index contributed by atoms with van der Waals surface area (Å²) >= 11 is 0. The van der Waals surface area contributed by atoms with Crippen molar-refractivity contribution in [3.05, 3.63) is 58.8 Å². The van der Waals surface area contributed by atoms with Crippen molar-refractivity contribution in [3.8, 4) is 5.75 Å². The van der Waals surface area contributed by atoms with E-state index in [0.29, 0.717) is 22.4 Å². The van der Waals surface area contributed by atoms with Crippen LogP contribution < -0.4 is 10.1 Å². The lowest BCUT2D eigenvalue weighted by atomic mass is 9.95. The molecular formula is C27H31F3N4O4. The van der Waals surface area contributed by atoms with E-state index in [2.05, 4.69) is 10.4 Å². The fourth-order valence-electron chi connectivity index (χ4n) is 4.52. The average Bonchev–Trinajstić information content (AvgIpc) is 2.99. The third-order valence-electron chi connectivity index (χ3n) is 6.15. The SMILES string of the molecule is Cn1nc(C(C)(C)NC(=O)c2cccc3c2OCCN(C(=O)OC(C)(C)C)C3)c2cccc(C(F)(F)F)c21. The van der Waals surface area contributed by atoms with Crippen LogP contribution in [0.2, 0.25) is 0 Å². The van der Waals surface area contributed by atoms with E-state index in [1.165, 1.54) is 22.7 Å². The zero-order chi connectivity index (χ0) is 28.0. The van der Waals surface area contributed by atoms with Crippen LogP contribution in [0, 0.1) is 0 Å². The van der Waals surface area contributed by atoms with Crippen molar-refractivity contribution in [3.63, 3.8) is 0 Å². The number of hydrogen-bond donors (Lipinski definition) is 1. The largest absolute Gasteiger partial charge is 0.491 e. The van der Waals surface area contributed by atoms with Crippen LogP contribution in [0.3, 0.4) is 0 Å². The van der Waals surface area contributed by atoms with Crippen molar-refractivity contribution in [2.24, 2.45) is 7.05 Å². The van der Waals surface area contributed by atoms with E-state index >= 15 is 0 Å². The Balaban J connectivity index is 1.63. The zero-order valence-electron chi connectivity index (χ0n) is 22.2. The van der Waals surface area contributed by atoms with Gasteiger partial charge in [-0.1, -0.05) is 24.3 Å². The predicted molar refractivity (Wildman–Crippen MR) is 135 cm³/mol. The Bertz CT molecular complexity index is 1390. The second kappa shape index (κ2) is 9.52. The van der Waals surface area contributed by atoms with Gasteiger partial charge in [0.25, 0.3) is 5.91 Å². The lowest BCUT2D eigenvalue weighted by Gasteiger charge is -2.26. The van der Waals surface area contributed by atoms with E-state index in [9.17, 15) is 22.8 Å². The highest BCUT2D eigenvalue weighted by atomic mass is 19.4. The summed E-state index contributed by atoms with van der Waals surface area (Å²) in [7, 11) is 1.44. The molecule has 1 N–H and O–H groups in total. The topological polar surface area (TPSA) is 85.7 Å². The number of benzene rings is 2. The molecule has 0 unspecified atom stereocenters. The first-order valence-corrected chi connectivity index (χ1v) is 12.2. The third-order valence-corrected chi connectivity index (χ3v) is 6.15. The lowest BCUT2D eigenvalue weighted by Crippen LogP contribution is -2.41. The van der Waals surface area contributed by atoms with Crippen LogP contribution >= 0.6 is 0 Å². The molecule has 0 spiro atoms. The molecule has 0 fully saturated rings. The van der Waals surface area contributed by atoms with E-state index < -0.39 is 34.9 Å². The van der Waals surface area contributed by atoms with Crippen LogP contribution in [0.5, 0.6) is 5.75 Å². The minimum atomic E-state index is -4.55. The molecule has 38 heavy (non-hydrogen) atoms. The number of carbonyl (C=O) groups excluding carboxylic acids is 2. The molecule has 0 bridgehead atoms. The van der Waals surface area contributed by atoms with Gasteiger partial charge in [-0.25, -0.2) is 4.79 Å². The normalized spacial score (nSPS) is 14.5. The van der Waals surface area contributed by atoms with Gasteiger partial charge in [-0.15, -0.1) is 0 Å². The maximum Gasteiger partial charge on any atom is 0.418 e. The second-order valence-electron chi connectivity index (χ2n) is 10.8. The zero-order valence-corrected chi connectivity index (χ0v) is 22.2. The number of hydrogen-bond acceptors (Lipinski definition) is 5. The Morgan fingerprint density at radius 3 is 2.39 bits per heavy atom. The number of nitrogens with zero attached hydrogens (tertiary/aromatic N) is 3. The molecule has 2 aromatic carbocycles. The van der Waals surface area contributed by atoms with E-state index in [1.54, 1.807) is 58.9 Å². The van der Waals surface area contributed by atoms with E-state index in [-0.39, 0.29) is 30.8 Å². The average molecular weight is 533 g/mol. The fraction of sp³-hybridized carbons (Fsp3) is 0.444. The molecule has 0 atom stereocenters. The first-order chi connectivity index (χ1) is 17.6. The quantitative estimate of drug-likeness (QED) is 0.489. The number of para-hydroxylation sites is 2. The van der Waals surface area contributed by atoms with Crippen molar-refractivity contribution < 1.29 is 32.2 Å². The van der Waals surface area contributed by atoms with Crippen molar-refractivity contribution in [1.29, 1.82) is 0 Å². The van der Waals surface area contributed by atoms with Gasteiger partial charge in [-0.3, -0.25) is 9.48 Å². The summed E-state index contributed by atoms with van der Waals surface area (Å²) in [5.74, 6) is -0.138. The summed E-state index contributed by atoms with van der Waals surface area (Å²) in [5.41, 5.74) is -1.46. The highest BCUT2D eigenvalue weighted by Gasteiger charge is 2.37. The van der Waals surface area contributed by atoms with E-state index in [4.69, 9.17) is 9.47 Å². The van der Waals surface area contributed by atoms with Crippen LogP contribution in [-0.2, 0) is 30.0 Å².